The number of carbonyl (C=O) groups excluding carboxylic acids is 2. The fourth-order valence-electron chi connectivity index (χ4n) is 3.16. The van der Waals surface area contributed by atoms with Crippen molar-refractivity contribution < 1.29 is 23.8 Å². The Kier molecular flexibility index (Phi) is 8.35. The van der Waals surface area contributed by atoms with Crippen molar-refractivity contribution in [2.75, 3.05) is 47.6 Å². The van der Waals surface area contributed by atoms with E-state index in [0.717, 1.165) is 12.0 Å². The third kappa shape index (κ3) is 5.83. The van der Waals surface area contributed by atoms with Crippen molar-refractivity contribution >= 4 is 11.8 Å². The van der Waals surface area contributed by atoms with Gasteiger partial charge in [0.1, 0.15) is 0 Å². The third-order valence-corrected chi connectivity index (χ3v) is 4.53. The topological polar surface area (TPSA) is 89.1 Å². The normalized spacial score (nSPS) is 17.3. The van der Waals surface area contributed by atoms with E-state index >= 15 is 0 Å². The van der Waals surface area contributed by atoms with Crippen molar-refractivity contribution in [1.29, 1.82) is 0 Å². The van der Waals surface area contributed by atoms with E-state index in [-0.39, 0.29) is 18.2 Å². The highest BCUT2D eigenvalue weighted by molar-refractivity contribution is 5.88. The zero-order valence-electron chi connectivity index (χ0n) is 16.2. The summed E-state index contributed by atoms with van der Waals surface area (Å²) in [4.78, 5) is 26.6. The van der Waals surface area contributed by atoms with Gasteiger partial charge in [0.05, 0.1) is 26.7 Å². The minimum absolute atomic E-state index is 0.116. The molecule has 0 aromatic heterocycles. The fraction of sp³-hybridized carbons (Fsp3) is 0.579. The highest BCUT2D eigenvalue weighted by Gasteiger charge is 2.32. The van der Waals surface area contributed by atoms with E-state index in [4.69, 9.17) is 14.2 Å². The molecule has 27 heavy (non-hydrogen) atoms. The fourth-order valence-corrected chi connectivity index (χ4v) is 3.16. The molecular weight excluding hydrogens is 350 g/mol. The first kappa shape index (κ1) is 21.0. The molecule has 1 aromatic rings. The number of ether oxygens (including phenoxy) is 3. The van der Waals surface area contributed by atoms with Crippen LogP contribution < -0.4 is 20.1 Å². The molecule has 2 amide bonds. The van der Waals surface area contributed by atoms with E-state index in [0.29, 0.717) is 44.3 Å². The van der Waals surface area contributed by atoms with Gasteiger partial charge in [0.2, 0.25) is 11.8 Å². The van der Waals surface area contributed by atoms with Crippen LogP contribution in [0.1, 0.15) is 18.4 Å². The number of hydrogen-bond donors (Lipinski definition) is 2. The zero-order valence-corrected chi connectivity index (χ0v) is 16.2. The van der Waals surface area contributed by atoms with Crippen LogP contribution >= 0.6 is 0 Å². The van der Waals surface area contributed by atoms with E-state index in [2.05, 4.69) is 10.6 Å². The van der Waals surface area contributed by atoms with Crippen molar-refractivity contribution in [2.24, 2.45) is 0 Å². The van der Waals surface area contributed by atoms with Crippen LogP contribution in [0.3, 0.4) is 0 Å². The molecule has 0 spiro atoms. The smallest absolute Gasteiger partial charge is 0.237 e. The maximum absolute atomic E-state index is 12.4. The maximum Gasteiger partial charge on any atom is 0.237 e. The molecule has 2 rings (SSSR count). The molecule has 0 bridgehead atoms. The Hall–Kier alpha value is -2.32. The van der Waals surface area contributed by atoms with Gasteiger partial charge >= 0.3 is 0 Å². The lowest BCUT2D eigenvalue weighted by atomic mass is 10.1. The summed E-state index contributed by atoms with van der Waals surface area (Å²) < 4.78 is 15.8. The first-order chi connectivity index (χ1) is 13.1. The standard InChI is InChI=1S/C19H29N3O5/c1-25-11-5-8-20-17(23)12-15-19(24)21-9-10-22(15)13-14-6-4-7-16(26-2)18(14)27-3/h4,6-7,15H,5,8-13H2,1-3H3,(H,20,23)(H,21,24)/t15-/m0/s1. The van der Waals surface area contributed by atoms with E-state index in [9.17, 15) is 9.59 Å². The summed E-state index contributed by atoms with van der Waals surface area (Å²) in [6.07, 6.45) is 0.856. The first-order valence-electron chi connectivity index (χ1n) is 9.08. The lowest BCUT2D eigenvalue weighted by molar-refractivity contribution is -0.134. The Labute approximate surface area is 160 Å². The highest BCUT2D eigenvalue weighted by atomic mass is 16.5. The minimum atomic E-state index is -0.517. The van der Waals surface area contributed by atoms with Crippen LogP contribution in [-0.4, -0.2) is 70.3 Å². The zero-order chi connectivity index (χ0) is 19.6. The lowest BCUT2D eigenvalue weighted by Gasteiger charge is -2.35. The molecule has 0 unspecified atom stereocenters. The summed E-state index contributed by atoms with van der Waals surface area (Å²) in [5.41, 5.74) is 0.914. The van der Waals surface area contributed by atoms with Gasteiger partial charge < -0.3 is 24.8 Å². The molecule has 0 aliphatic carbocycles. The van der Waals surface area contributed by atoms with Crippen LogP contribution in [0.4, 0.5) is 0 Å². The van der Waals surface area contributed by atoms with Crippen LogP contribution in [0, 0.1) is 0 Å². The Morgan fingerprint density at radius 2 is 2.11 bits per heavy atom. The highest BCUT2D eigenvalue weighted by Crippen LogP contribution is 2.32. The quantitative estimate of drug-likeness (QED) is 0.577. The number of nitrogens with one attached hydrogen (secondary N) is 2. The summed E-state index contributed by atoms with van der Waals surface area (Å²) in [7, 11) is 4.81. The number of benzene rings is 1. The Morgan fingerprint density at radius 3 is 2.81 bits per heavy atom. The van der Waals surface area contributed by atoms with Crippen molar-refractivity contribution in [3.8, 4) is 11.5 Å². The SMILES string of the molecule is COCCCNC(=O)C[C@H]1C(=O)NCCN1Cc1cccc(OC)c1OC. The Bertz CT molecular complexity index is 638. The molecular formula is C19H29N3O5. The van der Waals surface area contributed by atoms with Crippen LogP contribution in [0.2, 0.25) is 0 Å². The summed E-state index contributed by atoms with van der Waals surface area (Å²) in [5.74, 6) is 1.02. The monoisotopic (exact) mass is 379 g/mol. The number of methoxy groups -OCH3 is 3. The average molecular weight is 379 g/mol. The molecule has 8 nitrogen and oxygen atoms in total. The number of piperazine rings is 1. The van der Waals surface area contributed by atoms with Gasteiger partial charge in [-0.1, -0.05) is 12.1 Å². The molecule has 1 saturated heterocycles. The molecule has 1 atom stereocenters. The van der Waals surface area contributed by atoms with Crippen molar-refractivity contribution in [1.82, 2.24) is 15.5 Å². The number of para-hydroxylation sites is 1. The van der Waals surface area contributed by atoms with E-state index in [1.54, 1.807) is 21.3 Å². The summed E-state index contributed by atoms with van der Waals surface area (Å²) >= 11 is 0. The minimum Gasteiger partial charge on any atom is -0.493 e. The number of rotatable bonds is 10. The third-order valence-electron chi connectivity index (χ3n) is 4.53. The second kappa shape index (κ2) is 10.7. The molecule has 8 heteroatoms. The molecule has 1 heterocycles. The van der Waals surface area contributed by atoms with E-state index < -0.39 is 6.04 Å². The summed E-state index contributed by atoms with van der Waals surface area (Å²) in [5, 5.41) is 5.68. The molecule has 1 fully saturated rings. The molecule has 1 aliphatic rings. The maximum atomic E-state index is 12.4. The van der Waals surface area contributed by atoms with Crippen molar-refractivity contribution in [2.45, 2.75) is 25.4 Å². The molecule has 150 valence electrons. The van der Waals surface area contributed by atoms with Gasteiger partial charge in [-0.15, -0.1) is 0 Å². The number of amides is 2. The van der Waals surface area contributed by atoms with Crippen LogP contribution in [-0.2, 0) is 20.9 Å². The second-order valence-electron chi connectivity index (χ2n) is 6.33. The Morgan fingerprint density at radius 1 is 1.30 bits per heavy atom. The number of carbonyl (C=O) groups is 2. The molecule has 1 aromatic carbocycles. The van der Waals surface area contributed by atoms with Gasteiger partial charge in [-0.3, -0.25) is 14.5 Å². The van der Waals surface area contributed by atoms with E-state index in [1.807, 2.05) is 23.1 Å². The summed E-state index contributed by atoms with van der Waals surface area (Å²) in [6, 6.07) is 5.14. The second-order valence-corrected chi connectivity index (χ2v) is 6.33. The van der Waals surface area contributed by atoms with Gasteiger partial charge in [0.15, 0.2) is 11.5 Å². The molecule has 0 radical (unpaired) electrons. The predicted molar refractivity (Wildman–Crippen MR) is 101 cm³/mol. The first-order valence-corrected chi connectivity index (χ1v) is 9.08. The molecule has 1 aliphatic heterocycles. The average Bonchev–Trinajstić information content (AvgIpc) is 2.67. The Balaban J connectivity index is 2.05. The lowest BCUT2D eigenvalue weighted by Crippen LogP contribution is -2.56. The van der Waals surface area contributed by atoms with Crippen molar-refractivity contribution in [3.05, 3.63) is 23.8 Å². The number of nitrogens with zero attached hydrogens (tertiary/aromatic N) is 1. The van der Waals surface area contributed by atoms with Crippen LogP contribution in [0.15, 0.2) is 18.2 Å². The van der Waals surface area contributed by atoms with Crippen LogP contribution in [0.25, 0.3) is 0 Å². The summed E-state index contributed by atoms with van der Waals surface area (Å²) in [6.45, 7) is 2.83. The van der Waals surface area contributed by atoms with Crippen molar-refractivity contribution in [3.63, 3.8) is 0 Å². The number of hydrogen-bond acceptors (Lipinski definition) is 6. The molecule has 2 N–H and O–H groups in total. The van der Waals surface area contributed by atoms with Crippen LogP contribution in [0.5, 0.6) is 11.5 Å². The van der Waals surface area contributed by atoms with Gasteiger partial charge in [-0.2, -0.15) is 0 Å². The molecule has 0 saturated carbocycles. The van der Waals surface area contributed by atoms with Gasteiger partial charge in [-0.05, 0) is 12.5 Å². The van der Waals surface area contributed by atoms with Gasteiger partial charge in [0, 0.05) is 45.5 Å². The largest absolute Gasteiger partial charge is 0.493 e. The van der Waals surface area contributed by atoms with E-state index in [1.165, 1.54) is 0 Å². The predicted octanol–water partition coefficient (Wildman–Crippen LogP) is 0.547. The van der Waals surface area contributed by atoms with Gasteiger partial charge in [0.25, 0.3) is 0 Å². The van der Waals surface area contributed by atoms with Gasteiger partial charge in [-0.25, -0.2) is 0 Å².